The fraction of sp³-hybridized carbons (Fsp3) is 0.400. The molecule has 1 aromatic heterocycles. The number of benzene rings is 1. The highest BCUT2D eigenvalue weighted by atomic mass is 32.2. The summed E-state index contributed by atoms with van der Waals surface area (Å²) in [7, 11) is 1.95. The summed E-state index contributed by atoms with van der Waals surface area (Å²) in [6, 6.07) is 14.2. The van der Waals surface area contributed by atoms with Gasteiger partial charge in [-0.05, 0) is 49.2 Å². The minimum absolute atomic E-state index is 0.135. The first-order chi connectivity index (χ1) is 11.7. The first-order valence-corrected chi connectivity index (χ1v) is 9.52. The Labute approximate surface area is 148 Å². The van der Waals surface area contributed by atoms with Crippen LogP contribution >= 0.6 is 11.8 Å². The van der Waals surface area contributed by atoms with Crippen molar-refractivity contribution in [2.24, 2.45) is 0 Å². The number of hydrogen-bond donors (Lipinski definition) is 0. The van der Waals surface area contributed by atoms with Crippen molar-refractivity contribution in [3.8, 4) is 0 Å². The van der Waals surface area contributed by atoms with Crippen LogP contribution in [-0.4, -0.2) is 28.9 Å². The van der Waals surface area contributed by atoms with Gasteiger partial charge in [0.2, 0.25) is 0 Å². The van der Waals surface area contributed by atoms with E-state index in [2.05, 4.69) is 4.98 Å². The van der Waals surface area contributed by atoms with Gasteiger partial charge in [-0.25, -0.2) is 4.98 Å². The molecule has 0 radical (unpaired) electrons. The van der Waals surface area contributed by atoms with Crippen molar-refractivity contribution >= 4 is 17.7 Å². The number of carbonyl (C=O) groups excluding carboxylic acids is 1. The molecule has 1 aromatic carbocycles. The highest BCUT2D eigenvalue weighted by Crippen LogP contribution is 2.27. The summed E-state index contributed by atoms with van der Waals surface area (Å²) in [6.07, 6.45) is 9.15. The molecular formula is C20H24N2OS. The molecule has 0 aliphatic heterocycles. The zero-order chi connectivity index (χ0) is 16.8. The highest BCUT2D eigenvalue weighted by Gasteiger charge is 2.22. The normalized spacial score (nSPS) is 15.7. The average molecular weight is 340 g/mol. The summed E-state index contributed by atoms with van der Waals surface area (Å²) in [5, 5.41) is 0.965. The maximum atomic E-state index is 12.7. The van der Waals surface area contributed by atoms with Gasteiger partial charge in [0.05, 0.1) is 0 Å². The summed E-state index contributed by atoms with van der Waals surface area (Å²) >= 11 is 1.61. The van der Waals surface area contributed by atoms with E-state index in [1.807, 2.05) is 54.4 Å². The van der Waals surface area contributed by atoms with Gasteiger partial charge in [-0.3, -0.25) is 4.79 Å². The lowest BCUT2D eigenvalue weighted by molar-refractivity contribution is 0.0717. The van der Waals surface area contributed by atoms with Gasteiger partial charge in [-0.1, -0.05) is 43.5 Å². The van der Waals surface area contributed by atoms with Crippen LogP contribution in [0.2, 0.25) is 0 Å². The summed E-state index contributed by atoms with van der Waals surface area (Å²) in [4.78, 5) is 20.1. The Morgan fingerprint density at radius 2 is 1.75 bits per heavy atom. The number of aromatic nitrogens is 1. The lowest BCUT2D eigenvalue weighted by Crippen LogP contribution is -2.36. The van der Waals surface area contributed by atoms with Crippen LogP contribution in [-0.2, 0) is 0 Å². The van der Waals surface area contributed by atoms with E-state index >= 15 is 0 Å². The maximum Gasteiger partial charge on any atom is 0.253 e. The third-order valence-electron chi connectivity index (χ3n) is 4.65. The van der Waals surface area contributed by atoms with Crippen molar-refractivity contribution in [3.63, 3.8) is 0 Å². The van der Waals surface area contributed by atoms with Gasteiger partial charge in [-0.2, -0.15) is 0 Å². The smallest absolute Gasteiger partial charge is 0.253 e. The van der Waals surface area contributed by atoms with Gasteiger partial charge in [0.1, 0.15) is 5.03 Å². The topological polar surface area (TPSA) is 33.2 Å². The second kappa shape index (κ2) is 8.34. The van der Waals surface area contributed by atoms with Crippen molar-refractivity contribution < 1.29 is 4.79 Å². The number of pyridine rings is 1. The van der Waals surface area contributed by atoms with Crippen LogP contribution in [0.3, 0.4) is 0 Å². The molecule has 1 aliphatic carbocycles. The van der Waals surface area contributed by atoms with E-state index in [9.17, 15) is 4.79 Å². The zero-order valence-corrected chi connectivity index (χ0v) is 15.0. The Morgan fingerprint density at radius 1 is 1.04 bits per heavy atom. The second-order valence-corrected chi connectivity index (χ2v) is 7.45. The van der Waals surface area contributed by atoms with Gasteiger partial charge < -0.3 is 4.90 Å². The van der Waals surface area contributed by atoms with E-state index < -0.39 is 0 Å². The quantitative estimate of drug-likeness (QED) is 0.732. The Kier molecular flexibility index (Phi) is 5.91. The molecule has 1 amide bonds. The molecule has 0 bridgehead atoms. The number of amides is 1. The van der Waals surface area contributed by atoms with Crippen molar-refractivity contribution in [3.05, 3.63) is 54.2 Å². The van der Waals surface area contributed by atoms with Crippen LogP contribution in [0.5, 0.6) is 0 Å². The molecule has 1 aliphatic rings. The fourth-order valence-corrected chi connectivity index (χ4v) is 3.98. The molecule has 24 heavy (non-hydrogen) atoms. The molecule has 0 saturated heterocycles. The lowest BCUT2D eigenvalue weighted by Gasteiger charge is -2.27. The van der Waals surface area contributed by atoms with Crippen LogP contribution in [0.4, 0.5) is 0 Å². The molecule has 4 heteroatoms. The van der Waals surface area contributed by atoms with E-state index in [4.69, 9.17) is 0 Å². The van der Waals surface area contributed by atoms with Crippen LogP contribution in [0.25, 0.3) is 0 Å². The highest BCUT2D eigenvalue weighted by molar-refractivity contribution is 7.99. The van der Waals surface area contributed by atoms with Crippen LogP contribution in [0, 0.1) is 0 Å². The standard InChI is InChI=1S/C20H24N2OS/c1-22(17-8-4-2-3-5-9-17)20(23)16-11-13-18(14-12-16)24-19-10-6-7-15-21-19/h6-7,10-15,17H,2-5,8-9H2,1H3. The van der Waals surface area contributed by atoms with Crippen LogP contribution in [0.15, 0.2) is 58.6 Å². The molecule has 0 unspecified atom stereocenters. The third-order valence-corrected chi connectivity index (χ3v) is 5.61. The molecule has 0 spiro atoms. The third kappa shape index (κ3) is 4.38. The van der Waals surface area contributed by atoms with Gasteiger partial charge in [-0.15, -0.1) is 0 Å². The minimum Gasteiger partial charge on any atom is -0.339 e. The van der Waals surface area contributed by atoms with Crippen molar-refractivity contribution in [1.29, 1.82) is 0 Å². The number of carbonyl (C=O) groups is 1. The molecule has 2 aromatic rings. The van der Waals surface area contributed by atoms with Crippen molar-refractivity contribution in [2.45, 2.75) is 54.5 Å². The number of rotatable bonds is 4. The first kappa shape index (κ1) is 17.0. The summed E-state index contributed by atoms with van der Waals surface area (Å²) in [6.45, 7) is 0. The van der Waals surface area contributed by atoms with Gasteiger partial charge in [0.15, 0.2) is 0 Å². The summed E-state index contributed by atoms with van der Waals surface area (Å²) in [5.41, 5.74) is 0.770. The second-order valence-electron chi connectivity index (χ2n) is 6.36. The predicted octanol–water partition coefficient (Wildman–Crippen LogP) is 5.03. The molecule has 0 atom stereocenters. The number of nitrogens with zero attached hydrogens (tertiary/aromatic N) is 2. The van der Waals surface area contributed by atoms with E-state index in [1.165, 1.54) is 25.7 Å². The van der Waals surface area contributed by atoms with Crippen molar-refractivity contribution in [1.82, 2.24) is 9.88 Å². The van der Waals surface area contributed by atoms with Gasteiger partial charge in [0.25, 0.3) is 5.91 Å². The monoisotopic (exact) mass is 340 g/mol. The molecule has 0 N–H and O–H groups in total. The Bertz CT molecular complexity index is 649. The average Bonchev–Trinajstić information content (AvgIpc) is 2.91. The summed E-state index contributed by atoms with van der Waals surface area (Å²) < 4.78 is 0. The van der Waals surface area contributed by atoms with Gasteiger partial charge >= 0.3 is 0 Å². The minimum atomic E-state index is 0.135. The van der Waals surface area contributed by atoms with E-state index in [1.54, 1.807) is 18.0 Å². The van der Waals surface area contributed by atoms with Gasteiger partial charge in [0, 0.05) is 29.7 Å². The largest absolute Gasteiger partial charge is 0.339 e. The molecule has 1 fully saturated rings. The molecule has 1 heterocycles. The predicted molar refractivity (Wildman–Crippen MR) is 98.4 cm³/mol. The lowest BCUT2D eigenvalue weighted by atomic mass is 10.1. The maximum absolute atomic E-state index is 12.7. The van der Waals surface area contributed by atoms with Crippen LogP contribution in [0.1, 0.15) is 48.9 Å². The van der Waals surface area contributed by atoms with E-state index in [0.29, 0.717) is 6.04 Å². The first-order valence-electron chi connectivity index (χ1n) is 8.70. The summed E-state index contributed by atoms with van der Waals surface area (Å²) in [5.74, 6) is 0.135. The van der Waals surface area contributed by atoms with E-state index in [0.717, 1.165) is 28.3 Å². The SMILES string of the molecule is CN(C(=O)c1ccc(Sc2ccccn2)cc1)C1CCCCCC1. The molecule has 3 nitrogen and oxygen atoms in total. The Balaban J connectivity index is 1.64. The van der Waals surface area contributed by atoms with Crippen LogP contribution < -0.4 is 0 Å². The molecular weight excluding hydrogens is 316 g/mol. The number of hydrogen-bond acceptors (Lipinski definition) is 3. The molecule has 3 rings (SSSR count). The fourth-order valence-electron chi connectivity index (χ4n) is 3.21. The van der Waals surface area contributed by atoms with Crippen molar-refractivity contribution in [2.75, 3.05) is 7.05 Å². The Morgan fingerprint density at radius 3 is 2.38 bits per heavy atom. The zero-order valence-electron chi connectivity index (χ0n) is 14.1. The van der Waals surface area contributed by atoms with E-state index in [-0.39, 0.29) is 5.91 Å². The molecule has 1 saturated carbocycles. The molecule has 126 valence electrons. The Hall–Kier alpha value is -1.81.